The van der Waals surface area contributed by atoms with Crippen molar-refractivity contribution in [3.05, 3.63) is 33.9 Å². The third kappa shape index (κ3) is 3.01. The molecule has 1 aliphatic rings. The van der Waals surface area contributed by atoms with Gasteiger partial charge in [0.15, 0.2) is 5.75 Å². The van der Waals surface area contributed by atoms with Gasteiger partial charge in [0, 0.05) is 0 Å². The Bertz CT molecular complexity index is 496. The zero-order valence-electron chi connectivity index (χ0n) is 10.4. The average molecular weight is 265 g/mol. The van der Waals surface area contributed by atoms with Crippen molar-refractivity contribution in [1.29, 1.82) is 0 Å². The van der Waals surface area contributed by atoms with Crippen LogP contribution in [-0.2, 0) is 0 Å². The van der Waals surface area contributed by atoms with E-state index in [1.165, 1.54) is 37.5 Å². The molecule has 0 aliphatic heterocycles. The molecule has 1 aromatic rings. The summed E-state index contributed by atoms with van der Waals surface area (Å²) in [5, 5.41) is 19.9. The van der Waals surface area contributed by atoms with Crippen molar-refractivity contribution in [2.45, 2.75) is 25.7 Å². The third-order valence-corrected chi connectivity index (χ3v) is 3.42. The molecule has 0 amide bonds. The third-order valence-electron chi connectivity index (χ3n) is 3.42. The number of carbonyl (C=O) groups is 1. The molecule has 0 bridgehead atoms. The van der Waals surface area contributed by atoms with E-state index in [1.54, 1.807) is 0 Å². The second-order valence-electron chi connectivity index (χ2n) is 4.65. The zero-order chi connectivity index (χ0) is 13.8. The molecule has 0 atom stereocenters. The molecule has 0 radical (unpaired) electrons. The van der Waals surface area contributed by atoms with Crippen molar-refractivity contribution in [2.75, 3.05) is 6.61 Å². The number of hydrogen-bond donors (Lipinski definition) is 1. The Kier molecular flexibility index (Phi) is 3.99. The van der Waals surface area contributed by atoms with Gasteiger partial charge in [-0.2, -0.15) is 0 Å². The van der Waals surface area contributed by atoms with E-state index in [2.05, 4.69) is 0 Å². The van der Waals surface area contributed by atoms with Crippen molar-refractivity contribution in [3.63, 3.8) is 0 Å². The number of nitrogens with zero attached hydrogens (tertiary/aromatic N) is 1. The van der Waals surface area contributed by atoms with E-state index in [-0.39, 0.29) is 11.3 Å². The lowest BCUT2D eigenvalue weighted by Gasteiger charge is -2.24. The van der Waals surface area contributed by atoms with Crippen LogP contribution >= 0.6 is 0 Å². The van der Waals surface area contributed by atoms with Crippen LogP contribution in [0, 0.1) is 16.0 Å². The second-order valence-corrected chi connectivity index (χ2v) is 4.65. The number of carboxylic acids is 1. The smallest absolute Gasteiger partial charge is 0.342 e. The van der Waals surface area contributed by atoms with Crippen molar-refractivity contribution in [3.8, 4) is 5.75 Å². The summed E-state index contributed by atoms with van der Waals surface area (Å²) < 4.78 is 5.39. The molecule has 0 spiro atoms. The Hall–Kier alpha value is -2.11. The number of rotatable bonds is 6. The Morgan fingerprint density at radius 3 is 2.74 bits per heavy atom. The summed E-state index contributed by atoms with van der Waals surface area (Å²) in [5.74, 6) is -0.651. The van der Waals surface area contributed by atoms with E-state index in [4.69, 9.17) is 9.84 Å². The zero-order valence-corrected chi connectivity index (χ0v) is 10.4. The van der Waals surface area contributed by atoms with Gasteiger partial charge in [0.2, 0.25) is 0 Å². The topological polar surface area (TPSA) is 89.7 Å². The minimum atomic E-state index is -1.32. The molecule has 19 heavy (non-hydrogen) atoms. The molecule has 0 heterocycles. The Morgan fingerprint density at radius 2 is 2.21 bits per heavy atom. The fourth-order valence-electron chi connectivity index (χ4n) is 2.12. The van der Waals surface area contributed by atoms with E-state index < -0.39 is 16.6 Å². The molecule has 2 rings (SSSR count). The normalized spacial score (nSPS) is 14.7. The molecular weight excluding hydrogens is 250 g/mol. The van der Waals surface area contributed by atoms with Crippen LogP contribution in [0.5, 0.6) is 5.75 Å². The van der Waals surface area contributed by atoms with Gasteiger partial charge >= 0.3 is 11.7 Å². The number of nitro benzene ring substituents is 1. The van der Waals surface area contributed by atoms with Gasteiger partial charge in [-0.05, 0) is 24.5 Å². The van der Waals surface area contributed by atoms with Crippen molar-refractivity contribution in [2.24, 2.45) is 5.92 Å². The summed E-state index contributed by atoms with van der Waals surface area (Å²) in [7, 11) is 0. The number of ether oxygens (including phenoxy) is 1. The number of para-hydroxylation sites is 1. The van der Waals surface area contributed by atoms with Crippen LogP contribution in [0.25, 0.3) is 0 Å². The first-order chi connectivity index (χ1) is 9.09. The molecule has 0 aromatic heterocycles. The van der Waals surface area contributed by atoms with Crippen LogP contribution in [0.15, 0.2) is 18.2 Å². The molecule has 6 nitrogen and oxygen atoms in total. The maximum absolute atomic E-state index is 11.0. The van der Waals surface area contributed by atoms with Gasteiger partial charge in [-0.3, -0.25) is 10.1 Å². The van der Waals surface area contributed by atoms with E-state index in [1.807, 2.05) is 0 Å². The maximum Gasteiger partial charge on any atom is 0.342 e. The van der Waals surface area contributed by atoms with E-state index in [0.717, 1.165) is 6.42 Å². The standard InChI is InChI=1S/C13H15NO5/c15-13(16)10-5-2-6-11(12(10)14(17)18)19-8-7-9-3-1-4-9/h2,5-6,9H,1,3-4,7-8H2,(H,15,16). The van der Waals surface area contributed by atoms with Crippen LogP contribution in [0.1, 0.15) is 36.0 Å². The summed E-state index contributed by atoms with van der Waals surface area (Å²) in [6.07, 6.45) is 4.45. The monoisotopic (exact) mass is 265 g/mol. The molecule has 0 saturated heterocycles. The maximum atomic E-state index is 11.0. The summed E-state index contributed by atoms with van der Waals surface area (Å²) in [6.45, 7) is 0.384. The highest BCUT2D eigenvalue weighted by Gasteiger charge is 2.25. The lowest BCUT2D eigenvalue weighted by atomic mass is 9.83. The first-order valence-electron chi connectivity index (χ1n) is 6.23. The SMILES string of the molecule is O=C(O)c1cccc(OCCC2CCC2)c1[N+](=O)[O-]. The van der Waals surface area contributed by atoms with Gasteiger partial charge in [0.05, 0.1) is 11.5 Å². The largest absolute Gasteiger partial charge is 0.487 e. The Labute approximate surface area is 110 Å². The lowest BCUT2D eigenvalue weighted by molar-refractivity contribution is -0.386. The predicted molar refractivity (Wildman–Crippen MR) is 67.5 cm³/mol. The fourth-order valence-corrected chi connectivity index (χ4v) is 2.12. The van der Waals surface area contributed by atoms with Gasteiger partial charge in [-0.1, -0.05) is 25.3 Å². The number of aromatic carboxylic acids is 1. The van der Waals surface area contributed by atoms with Crippen LogP contribution in [0.3, 0.4) is 0 Å². The Morgan fingerprint density at radius 1 is 1.47 bits per heavy atom. The average Bonchev–Trinajstić information content (AvgIpc) is 2.31. The second kappa shape index (κ2) is 5.69. The molecule has 1 saturated carbocycles. The highest BCUT2D eigenvalue weighted by Crippen LogP contribution is 2.33. The fraction of sp³-hybridized carbons (Fsp3) is 0.462. The minimum absolute atomic E-state index is 0.0317. The first kappa shape index (κ1) is 13.3. The number of benzene rings is 1. The Balaban J connectivity index is 2.11. The van der Waals surface area contributed by atoms with E-state index >= 15 is 0 Å². The van der Waals surface area contributed by atoms with Crippen LogP contribution in [0.4, 0.5) is 5.69 Å². The molecule has 0 unspecified atom stereocenters. The number of hydrogen-bond acceptors (Lipinski definition) is 4. The van der Waals surface area contributed by atoms with E-state index in [9.17, 15) is 14.9 Å². The van der Waals surface area contributed by atoms with Crippen LogP contribution in [0.2, 0.25) is 0 Å². The van der Waals surface area contributed by atoms with Gasteiger partial charge in [0.1, 0.15) is 5.56 Å². The summed E-state index contributed by atoms with van der Waals surface area (Å²) >= 11 is 0. The van der Waals surface area contributed by atoms with E-state index in [0.29, 0.717) is 12.5 Å². The summed E-state index contributed by atoms with van der Waals surface area (Å²) in [5.41, 5.74) is -0.810. The summed E-state index contributed by atoms with van der Waals surface area (Å²) in [6, 6.07) is 4.10. The van der Waals surface area contributed by atoms with Crippen LogP contribution in [-0.4, -0.2) is 22.6 Å². The van der Waals surface area contributed by atoms with Crippen LogP contribution < -0.4 is 4.74 Å². The first-order valence-corrected chi connectivity index (χ1v) is 6.23. The van der Waals surface area contributed by atoms with Crippen molar-refractivity contribution < 1.29 is 19.6 Å². The molecule has 1 aliphatic carbocycles. The highest BCUT2D eigenvalue weighted by molar-refractivity contribution is 5.93. The molecule has 6 heteroatoms. The van der Waals surface area contributed by atoms with Crippen molar-refractivity contribution >= 4 is 11.7 Å². The molecule has 1 fully saturated rings. The highest BCUT2D eigenvalue weighted by atomic mass is 16.6. The van der Waals surface area contributed by atoms with Crippen molar-refractivity contribution in [1.82, 2.24) is 0 Å². The lowest BCUT2D eigenvalue weighted by Crippen LogP contribution is -2.15. The molecule has 102 valence electrons. The molecular formula is C13H15NO5. The van der Waals surface area contributed by atoms with Gasteiger partial charge in [0.25, 0.3) is 0 Å². The van der Waals surface area contributed by atoms with Gasteiger partial charge < -0.3 is 9.84 Å². The summed E-state index contributed by atoms with van der Waals surface area (Å²) in [4.78, 5) is 21.2. The van der Waals surface area contributed by atoms with Gasteiger partial charge in [-0.25, -0.2) is 4.79 Å². The number of carboxylic acid groups (broad SMARTS) is 1. The molecule has 1 aromatic carbocycles. The van der Waals surface area contributed by atoms with Gasteiger partial charge in [-0.15, -0.1) is 0 Å². The minimum Gasteiger partial charge on any atom is -0.487 e. The predicted octanol–water partition coefficient (Wildman–Crippen LogP) is 2.86. The molecule has 1 N–H and O–H groups in total. The number of nitro groups is 1. The quantitative estimate of drug-likeness (QED) is 0.631.